The average molecular weight is 387 g/mol. The van der Waals surface area contributed by atoms with Crippen LogP contribution in [-0.2, 0) is 39.0 Å². The van der Waals surface area contributed by atoms with Crippen molar-refractivity contribution in [3.63, 3.8) is 0 Å². The minimum atomic E-state index is -3.48. The van der Waals surface area contributed by atoms with Crippen molar-refractivity contribution in [1.82, 2.24) is 0 Å². The summed E-state index contributed by atoms with van der Waals surface area (Å²) < 4.78 is 48.4. The molecule has 0 saturated carbocycles. The van der Waals surface area contributed by atoms with Crippen LogP contribution in [-0.4, -0.2) is 26.4 Å². The molecule has 0 aromatic carbocycles. The summed E-state index contributed by atoms with van der Waals surface area (Å²) in [5.74, 6) is 3.37. The van der Waals surface area contributed by atoms with Crippen LogP contribution in [0.5, 0.6) is 0 Å². The van der Waals surface area contributed by atoms with Gasteiger partial charge in [-0.1, -0.05) is 0 Å². The molecule has 0 aliphatic carbocycles. The van der Waals surface area contributed by atoms with Gasteiger partial charge >= 0.3 is 128 Å². The fourth-order valence-corrected chi connectivity index (χ4v) is 14.9. The first-order valence-electron chi connectivity index (χ1n) is 6.63. The van der Waals surface area contributed by atoms with Crippen LogP contribution in [0.1, 0.15) is 27.7 Å². The van der Waals surface area contributed by atoms with Gasteiger partial charge in [-0.05, 0) is 0 Å². The molecule has 0 bridgehead atoms. The molecule has 9 heteroatoms. The van der Waals surface area contributed by atoms with Crippen molar-refractivity contribution in [2.45, 2.75) is 39.4 Å². The third-order valence-electron chi connectivity index (χ3n) is 3.31. The van der Waals surface area contributed by atoms with Gasteiger partial charge in [0.05, 0.1) is 0 Å². The Hall–Kier alpha value is 0.806. The summed E-state index contributed by atoms with van der Waals surface area (Å²) >= 11 is -2.69. The SMILES string of the molecule is CC1(C)CO[P](=O)([Co]([CH3])([CH3])[P]2(=O)OCC(C)(C)CO2)OC1. The van der Waals surface area contributed by atoms with E-state index in [0.717, 1.165) is 0 Å². The average Bonchev–Trinajstić information content (AvgIpc) is 2.37. The molecule has 2 fully saturated rings. The van der Waals surface area contributed by atoms with Crippen molar-refractivity contribution in [3.8, 4) is 0 Å². The molecule has 2 aliphatic heterocycles. The van der Waals surface area contributed by atoms with E-state index >= 15 is 0 Å². The maximum atomic E-state index is 13.1. The normalized spacial score (nSPS) is 31.5. The maximum absolute atomic E-state index is 13.1. The molecule has 0 aromatic rings. The first-order valence-corrected chi connectivity index (χ1v) is 14.3. The van der Waals surface area contributed by atoms with Crippen LogP contribution in [0.25, 0.3) is 0 Å². The van der Waals surface area contributed by atoms with Crippen LogP contribution in [0.2, 0.25) is 11.7 Å². The topological polar surface area (TPSA) is 71.1 Å². The van der Waals surface area contributed by atoms with Crippen molar-refractivity contribution in [3.05, 3.63) is 0 Å². The van der Waals surface area contributed by atoms with Crippen molar-refractivity contribution >= 4 is 12.7 Å². The van der Waals surface area contributed by atoms with Gasteiger partial charge < -0.3 is 0 Å². The third kappa shape index (κ3) is 3.36. The van der Waals surface area contributed by atoms with Crippen LogP contribution in [0, 0.1) is 10.8 Å². The zero-order chi connectivity index (χ0) is 16.2. The molecule has 0 radical (unpaired) electrons. The third-order valence-corrected chi connectivity index (χ3v) is 20.8. The van der Waals surface area contributed by atoms with E-state index in [-0.39, 0.29) is 10.8 Å². The molecular formula is C12H26CoO6P2. The molecule has 6 nitrogen and oxygen atoms in total. The predicted octanol–water partition coefficient (Wildman–Crippen LogP) is 4.60. The molecule has 21 heavy (non-hydrogen) atoms. The number of hydrogen-bond acceptors (Lipinski definition) is 6. The molecule has 2 heterocycles. The summed E-state index contributed by atoms with van der Waals surface area (Å²) in [6.45, 7) is 9.16. The van der Waals surface area contributed by atoms with Crippen molar-refractivity contribution < 1.29 is 39.0 Å². The predicted molar refractivity (Wildman–Crippen MR) is 78.3 cm³/mol. The number of rotatable bonds is 2. The van der Waals surface area contributed by atoms with E-state index in [2.05, 4.69) is 0 Å². The molecule has 0 atom stereocenters. The molecule has 0 unspecified atom stereocenters. The Morgan fingerprint density at radius 3 is 1.19 bits per heavy atom. The second-order valence-electron chi connectivity index (χ2n) is 7.23. The zero-order valence-corrected chi connectivity index (χ0v) is 16.3. The fraction of sp³-hybridized carbons (Fsp3) is 1.00. The van der Waals surface area contributed by atoms with Gasteiger partial charge in [0.2, 0.25) is 0 Å². The second-order valence-corrected chi connectivity index (χ2v) is 23.5. The van der Waals surface area contributed by atoms with E-state index in [1.54, 1.807) is 11.7 Å². The molecule has 2 rings (SSSR count). The Labute approximate surface area is 128 Å². The van der Waals surface area contributed by atoms with Gasteiger partial charge in [-0.3, -0.25) is 0 Å². The number of hydrogen-bond donors (Lipinski definition) is 0. The summed E-state index contributed by atoms with van der Waals surface area (Å²) in [6, 6.07) is 0. The van der Waals surface area contributed by atoms with Crippen LogP contribution < -0.4 is 0 Å². The molecule has 2 saturated heterocycles. The van der Waals surface area contributed by atoms with Gasteiger partial charge in [0.25, 0.3) is 0 Å². The Balaban J connectivity index is 2.22. The van der Waals surface area contributed by atoms with Crippen molar-refractivity contribution in [1.29, 1.82) is 0 Å². The van der Waals surface area contributed by atoms with Gasteiger partial charge in [-0.25, -0.2) is 0 Å². The molecule has 129 valence electrons. The van der Waals surface area contributed by atoms with Crippen LogP contribution >= 0.6 is 12.7 Å². The van der Waals surface area contributed by atoms with E-state index in [4.69, 9.17) is 18.1 Å². The standard InChI is InChI=1S/2C5H10O3P.2CH3.Co/c2*1-5(2)3-7-9(6)8-4-5;;;/h2*3-4H2,1-2H3;2*1H3;/q2*+1;;;-2. The molecule has 0 amide bonds. The Morgan fingerprint density at radius 1 is 0.714 bits per heavy atom. The molecular weight excluding hydrogens is 361 g/mol. The molecule has 2 aliphatic rings. The van der Waals surface area contributed by atoms with Gasteiger partial charge in [0, 0.05) is 0 Å². The first-order chi connectivity index (χ1) is 9.33. The Morgan fingerprint density at radius 2 is 0.952 bits per heavy atom. The summed E-state index contributed by atoms with van der Waals surface area (Å²) in [6.07, 6.45) is -6.95. The second kappa shape index (κ2) is 5.42. The van der Waals surface area contributed by atoms with Crippen LogP contribution in [0.3, 0.4) is 0 Å². The van der Waals surface area contributed by atoms with Gasteiger partial charge in [-0.15, -0.1) is 0 Å². The van der Waals surface area contributed by atoms with Crippen LogP contribution in [0.4, 0.5) is 0 Å². The molecule has 0 spiro atoms. The zero-order valence-electron chi connectivity index (χ0n) is 13.5. The van der Waals surface area contributed by atoms with Gasteiger partial charge in [-0.2, -0.15) is 0 Å². The first kappa shape index (κ1) is 18.1. The van der Waals surface area contributed by atoms with E-state index in [1.165, 1.54) is 0 Å². The summed E-state index contributed by atoms with van der Waals surface area (Å²) in [5, 5.41) is 0. The Kier molecular flexibility index (Phi) is 4.68. The van der Waals surface area contributed by atoms with E-state index < -0.39 is 24.4 Å². The van der Waals surface area contributed by atoms with Crippen molar-refractivity contribution in [2.24, 2.45) is 10.8 Å². The summed E-state index contributed by atoms with van der Waals surface area (Å²) in [4.78, 5) is 0. The minimum absolute atomic E-state index is 0.196. The van der Waals surface area contributed by atoms with E-state index in [0.29, 0.717) is 26.4 Å². The van der Waals surface area contributed by atoms with Gasteiger partial charge in [0.1, 0.15) is 0 Å². The Bertz CT molecular complexity index is 444. The van der Waals surface area contributed by atoms with Crippen molar-refractivity contribution in [2.75, 3.05) is 26.4 Å². The van der Waals surface area contributed by atoms with E-state index in [9.17, 15) is 9.13 Å². The quantitative estimate of drug-likeness (QED) is 0.645. The van der Waals surface area contributed by atoms with Gasteiger partial charge in [0.15, 0.2) is 0 Å². The molecule has 0 N–H and O–H groups in total. The van der Waals surface area contributed by atoms with Crippen LogP contribution in [0.15, 0.2) is 0 Å². The summed E-state index contributed by atoms with van der Waals surface area (Å²) in [5.41, 5.74) is -0.392. The monoisotopic (exact) mass is 387 g/mol. The molecule has 0 aromatic heterocycles. The fourth-order valence-electron chi connectivity index (χ4n) is 1.67. The van der Waals surface area contributed by atoms with E-state index in [1.807, 2.05) is 27.7 Å². The summed E-state index contributed by atoms with van der Waals surface area (Å²) in [7, 11) is 0.